The number of nitrogens with zero attached hydrogens (tertiary/aromatic N) is 2. The molecule has 0 aliphatic heterocycles. The molecule has 0 radical (unpaired) electrons. The fourth-order valence-corrected chi connectivity index (χ4v) is 2.22. The normalized spacial score (nSPS) is 10.5. The topological polar surface area (TPSA) is 27.4 Å². The van der Waals surface area contributed by atoms with Crippen LogP contribution in [-0.4, -0.2) is 25.3 Å². The van der Waals surface area contributed by atoms with E-state index in [1.165, 1.54) is 5.56 Å². The largest absolute Gasteiger partial charge is 1.00 e. The van der Waals surface area contributed by atoms with Gasteiger partial charge in [-0.1, -0.05) is 30.4 Å². The standard InChI is InChI=1S/C18H23N2O.HI/c1-3-20-12-10-16(11-13-20)8-9-17-6-4-5-7-18(17)19(2)14-15-21;/h4-13,21H,3,14-15H2,1-2H3;1H/q+1;/p-1. The van der Waals surface area contributed by atoms with Crippen molar-refractivity contribution >= 4 is 17.8 Å². The second-order valence-corrected chi connectivity index (χ2v) is 5.00. The minimum Gasteiger partial charge on any atom is -1.00 e. The Morgan fingerprint density at radius 1 is 1.09 bits per heavy atom. The average molecular weight is 410 g/mol. The monoisotopic (exact) mass is 410 g/mol. The highest BCUT2D eigenvalue weighted by molar-refractivity contribution is 5.76. The maximum Gasteiger partial charge on any atom is 0.169 e. The van der Waals surface area contributed by atoms with Gasteiger partial charge in [0.25, 0.3) is 0 Å². The molecule has 0 saturated carbocycles. The van der Waals surface area contributed by atoms with Crippen molar-refractivity contribution in [2.24, 2.45) is 0 Å². The number of hydrogen-bond acceptors (Lipinski definition) is 2. The van der Waals surface area contributed by atoms with Crippen LogP contribution in [0.1, 0.15) is 18.1 Å². The van der Waals surface area contributed by atoms with Crippen LogP contribution >= 0.6 is 0 Å². The summed E-state index contributed by atoms with van der Waals surface area (Å²) in [5.41, 5.74) is 3.46. The molecule has 0 aliphatic carbocycles. The van der Waals surface area contributed by atoms with Gasteiger partial charge in [-0.3, -0.25) is 0 Å². The number of likely N-dealkylation sites (N-methyl/N-ethyl adjacent to an activating group) is 1. The zero-order valence-electron chi connectivity index (χ0n) is 13.1. The highest BCUT2D eigenvalue weighted by Crippen LogP contribution is 2.21. The predicted molar refractivity (Wildman–Crippen MR) is 88.0 cm³/mol. The third-order valence-electron chi connectivity index (χ3n) is 3.52. The molecule has 4 heteroatoms. The van der Waals surface area contributed by atoms with Crippen molar-refractivity contribution in [3.05, 3.63) is 59.9 Å². The molecule has 1 aromatic heterocycles. The number of benzene rings is 1. The molecule has 1 aromatic carbocycles. The van der Waals surface area contributed by atoms with E-state index in [-0.39, 0.29) is 30.6 Å². The van der Waals surface area contributed by atoms with Crippen molar-refractivity contribution in [1.29, 1.82) is 0 Å². The van der Waals surface area contributed by atoms with Crippen molar-refractivity contribution in [1.82, 2.24) is 0 Å². The summed E-state index contributed by atoms with van der Waals surface area (Å²) in [7, 11) is 2.00. The molecule has 1 N–H and O–H groups in total. The van der Waals surface area contributed by atoms with E-state index in [1.54, 1.807) is 0 Å². The lowest BCUT2D eigenvalue weighted by Gasteiger charge is -2.20. The van der Waals surface area contributed by atoms with E-state index in [2.05, 4.69) is 65.2 Å². The Morgan fingerprint density at radius 3 is 2.41 bits per heavy atom. The Morgan fingerprint density at radius 2 is 1.77 bits per heavy atom. The Bertz CT molecular complexity index is 596. The van der Waals surface area contributed by atoms with Crippen LogP contribution in [0.5, 0.6) is 0 Å². The summed E-state index contributed by atoms with van der Waals surface area (Å²) < 4.78 is 2.14. The van der Waals surface area contributed by atoms with Crippen LogP contribution in [0.25, 0.3) is 12.2 Å². The van der Waals surface area contributed by atoms with Crippen LogP contribution in [0, 0.1) is 0 Å². The number of hydrogen-bond donors (Lipinski definition) is 1. The van der Waals surface area contributed by atoms with Crippen LogP contribution in [0.15, 0.2) is 48.8 Å². The summed E-state index contributed by atoms with van der Waals surface area (Å²) in [4.78, 5) is 2.07. The minimum atomic E-state index is 0. The number of pyridine rings is 1. The molecule has 0 aliphatic rings. The highest BCUT2D eigenvalue weighted by atomic mass is 127. The second-order valence-electron chi connectivity index (χ2n) is 5.00. The molecule has 1 heterocycles. The van der Waals surface area contributed by atoms with E-state index in [1.807, 2.05) is 19.2 Å². The van der Waals surface area contributed by atoms with Gasteiger partial charge in [0.2, 0.25) is 0 Å². The van der Waals surface area contributed by atoms with E-state index >= 15 is 0 Å². The van der Waals surface area contributed by atoms with Crippen molar-refractivity contribution < 1.29 is 33.7 Å². The molecule has 2 aromatic rings. The first-order valence-corrected chi connectivity index (χ1v) is 7.33. The lowest BCUT2D eigenvalue weighted by molar-refractivity contribution is -0.693. The van der Waals surface area contributed by atoms with Crippen molar-refractivity contribution in [2.45, 2.75) is 13.5 Å². The van der Waals surface area contributed by atoms with Crippen molar-refractivity contribution in [3.8, 4) is 0 Å². The first kappa shape index (κ1) is 18.6. The molecule has 0 unspecified atom stereocenters. The van der Waals surface area contributed by atoms with E-state index in [4.69, 9.17) is 5.11 Å². The van der Waals surface area contributed by atoms with Gasteiger partial charge in [0, 0.05) is 31.4 Å². The molecule has 118 valence electrons. The smallest absolute Gasteiger partial charge is 0.169 e. The zero-order valence-corrected chi connectivity index (χ0v) is 15.3. The molecule has 0 amide bonds. The van der Waals surface area contributed by atoms with Crippen LogP contribution in [-0.2, 0) is 6.54 Å². The van der Waals surface area contributed by atoms with Crippen molar-refractivity contribution in [3.63, 3.8) is 0 Å². The molecule has 0 bridgehead atoms. The molecule has 22 heavy (non-hydrogen) atoms. The van der Waals surface area contributed by atoms with Crippen LogP contribution in [0.2, 0.25) is 0 Å². The van der Waals surface area contributed by atoms with Crippen LogP contribution in [0.4, 0.5) is 5.69 Å². The first-order valence-electron chi connectivity index (χ1n) is 7.33. The van der Waals surface area contributed by atoms with Gasteiger partial charge in [0.1, 0.15) is 6.54 Å². The number of aryl methyl sites for hydroxylation is 1. The molecule has 0 fully saturated rings. The summed E-state index contributed by atoms with van der Waals surface area (Å²) in [6.07, 6.45) is 8.41. The molecule has 2 rings (SSSR count). The van der Waals surface area contributed by atoms with E-state index in [0.717, 1.165) is 17.8 Å². The van der Waals surface area contributed by atoms with E-state index in [0.29, 0.717) is 6.54 Å². The molecule has 0 atom stereocenters. The van der Waals surface area contributed by atoms with Gasteiger partial charge >= 0.3 is 0 Å². The second kappa shape index (κ2) is 9.58. The number of aromatic nitrogens is 1. The van der Waals surface area contributed by atoms with E-state index < -0.39 is 0 Å². The summed E-state index contributed by atoms with van der Waals surface area (Å²) in [6.45, 7) is 3.90. The maximum atomic E-state index is 9.08. The van der Waals surface area contributed by atoms with Crippen LogP contribution in [0.3, 0.4) is 0 Å². The minimum absolute atomic E-state index is 0. The third-order valence-corrected chi connectivity index (χ3v) is 3.52. The third kappa shape index (κ3) is 5.10. The number of rotatable bonds is 6. The predicted octanol–water partition coefficient (Wildman–Crippen LogP) is -0.403. The summed E-state index contributed by atoms with van der Waals surface area (Å²) in [5, 5.41) is 9.08. The fraction of sp³-hybridized carbons (Fsp3) is 0.278. The van der Waals surface area contributed by atoms with Crippen LogP contribution < -0.4 is 33.4 Å². The molecule has 3 nitrogen and oxygen atoms in total. The number of aliphatic hydroxyl groups excluding tert-OH is 1. The number of aliphatic hydroxyl groups is 1. The maximum absolute atomic E-state index is 9.08. The molecular formula is C18H23IN2O. The Hall–Kier alpha value is -1.40. The zero-order chi connectivity index (χ0) is 15.1. The van der Waals surface area contributed by atoms with E-state index in [9.17, 15) is 0 Å². The SMILES string of the molecule is CC[n+]1ccc(/C=C/c2ccccc2N(C)CCO)cc1.[I-]. The van der Waals surface area contributed by atoms with Gasteiger partial charge in [-0.05, 0) is 24.1 Å². The van der Waals surface area contributed by atoms with Gasteiger partial charge in [0.15, 0.2) is 12.4 Å². The van der Waals surface area contributed by atoms with Gasteiger partial charge in [-0.25, -0.2) is 4.57 Å². The fourth-order valence-electron chi connectivity index (χ4n) is 2.22. The molecule has 0 spiro atoms. The number of para-hydroxylation sites is 1. The first-order chi connectivity index (χ1) is 10.2. The Kier molecular flexibility index (Phi) is 8.12. The summed E-state index contributed by atoms with van der Waals surface area (Å²) in [6, 6.07) is 12.4. The van der Waals surface area contributed by atoms with Gasteiger partial charge in [0.05, 0.1) is 6.61 Å². The lowest BCUT2D eigenvalue weighted by atomic mass is 10.1. The summed E-state index contributed by atoms with van der Waals surface area (Å²) in [5.74, 6) is 0. The quantitative estimate of drug-likeness (QED) is 0.519. The average Bonchev–Trinajstić information content (AvgIpc) is 2.54. The number of anilines is 1. The summed E-state index contributed by atoms with van der Waals surface area (Å²) >= 11 is 0. The molecule has 0 saturated heterocycles. The number of halogens is 1. The van der Waals surface area contributed by atoms with Gasteiger partial charge < -0.3 is 34.0 Å². The highest BCUT2D eigenvalue weighted by Gasteiger charge is 2.04. The van der Waals surface area contributed by atoms with Crippen molar-refractivity contribution in [2.75, 3.05) is 25.1 Å². The molecular weight excluding hydrogens is 387 g/mol. The Labute approximate surface area is 149 Å². The van der Waals surface area contributed by atoms with Gasteiger partial charge in [-0.15, -0.1) is 0 Å². The Balaban J connectivity index is 0.00000242. The lowest BCUT2D eigenvalue weighted by Crippen LogP contribution is -3.00. The van der Waals surface area contributed by atoms with Gasteiger partial charge in [-0.2, -0.15) is 0 Å².